The summed E-state index contributed by atoms with van der Waals surface area (Å²) < 4.78 is 5.64. The van der Waals surface area contributed by atoms with Gasteiger partial charge in [0, 0.05) is 25.9 Å². The molecular weight excluding hydrogens is 266 g/mol. The van der Waals surface area contributed by atoms with Crippen molar-refractivity contribution in [3.05, 3.63) is 29.0 Å². The SMILES string of the molecule is CCO[C@H]1CN(C)C[C@@H]1NC(=O)c1ccc(Cl)cn1. The largest absolute Gasteiger partial charge is 0.375 e. The normalized spacial score (nSPS) is 23.5. The number of likely N-dealkylation sites (tertiary alicyclic amines) is 1. The number of aromatic nitrogens is 1. The van der Waals surface area contributed by atoms with Gasteiger partial charge in [-0.3, -0.25) is 4.79 Å². The molecule has 1 aliphatic heterocycles. The number of hydrogen-bond donors (Lipinski definition) is 1. The second-order valence-corrected chi connectivity index (χ2v) is 5.09. The molecule has 1 amide bonds. The maximum atomic E-state index is 12.1. The van der Waals surface area contributed by atoms with Gasteiger partial charge in [-0.05, 0) is 26.1 Å². The monoisotopic (exact) mass is 283 g/mol. The van der Waals surface area contributed by atoms with Gasteiger partial charge in [-0.15, -0.1) is 0 Å². The van der Waals surface area contributed by atoms with Gasteiger partial charge in [-0.1, -0.05) is 11.6 Å². The molecule has 0 spiro atoms. The van der Waals surface area contributed by atoms with Crippen LogP contribution in [0.4, 0.5) is 0 Å². The molecule has 0 aliphatic carbocycles. The number of hydrogen-bond acceptors (Lipinski definition) is 4. The second kappa shape index (κ2) is 6.32. The lowest BCUT2D eigenvalue weighted by atomic mass is 10.2. The van der Waals surface area contributed by atoms with Gasteiger partial charge in [-0.2, -0.15) is 0 Å². The van der Waals surface area contributed by atoms with Crippen molar-refractivity contribution in [3.8, 4) is 0 Å². The van der Waals surface area contributed by atoms with E-state index in [4.69, 9.17) is 16.3 Å². The molecule has 5 nitrogen and oxygen atoms in total. The molecule has 0 bridgehead atoms. The summed E-state index contributed by atoms with van der Waals surface area (Å²) in [7, 11) is 2.01. The molecule has 0 unspecified atom stereocenters. The van der Waals surface area contributed by atoms with Crippen molar-refractivity contribution >= 4 is 17.5 Å². The number of amides is 1. The zero-order valence-corrected chi connectivity index (χ0v) is 11.9. The molecule has 2 rings (SSSR count). The minimum absolute atomic E-state index is 0.00470. The van der Waals surface area contributed by atoms with Crippen LogP contribution in [0.25, 0.3) is 0 Å². The first-order chi connectivity index (χ1) is 9.10. The first-order valence-electron chi connectivity index (χ1n) is 6.32. The van der Waals surface area contributed by atoms with E-state index >= 15 is 0 Å². The summed E-state index contributed by atoms with van der Waals surface area (Å²) >= 11 is 5.75. The van der Waals surface area contributed by atoms with Crippen molar-refractivity contribution in [3.63, 3.8) is 0 Å². The lowest BCUT2D eigenvalue weighted by Crippen LogP contribution is -2.44. The Kier molecular flexibility index (Phi) is 4.74. The maximum absolute atomic E-state index is 12.1. The number of pyridine rings is 1. The first-order valence-corrected chi connectivity index (χ1v) is 6.70. The topological polar surface area (TPSA) is 54.5 Å². The lowest BCUT2D eigenvalue weighted by Gasteiger charge is -2.19. The van der Waals surface area contributed by atoms with Crippen molar-refractivity contribution in [1.82, 2.24) is 15.2 Å². The van der Waals surface area contributed by atoms with Gasteiger partial charge in [0.15, 0.2) is 0 Å². The van der Waals surface area contributed by atoms with Crippen LogP contribution in [0.3, 0.4) is 0 Å². The summed E-state index contributed by atoms with van der Waals surface area (Å²) in [5.74, 6) is -0.193. The summed E-state index contributed by atoms with van der Waals surface area (Å²) in [6.07, 6.45) is 1.50. The van der Waals surface area contributed by atoms with Crippen LogP contribution in [0.5, 0.6) is 0 Å². The van der Waals surface area contributed by atoms with Crippen LogP contribution in [0, 0.1) is 0 Å². The van der Waals surface area contributed by atoms with Crippen LogP contribution < -0.4 is 5.32 Å². The number of ether oxygens (including phenoxy) is 1. The molecule has 0 aromatic carbocycles. The third kappa shape index (κ3) is 3.65. The molecule has 1 aromatic heterocycles. The highest BCUT2D eigenvalue weighted by Crippen LogP contribution is 2.13. The van der Waals surface area contributed by atoms with Gasteiger partial charge < -0.3 is 15.0 Å². The predicted octanol–water partition coefficient (Wildman–Crippen LogP) is 1.18. The molecule has 104 valence electrons. The Morgan fingerprint density at radius 1 is 1.58 bits per heavy atom. The summed E-state index contributed by atoms with van der Waals surface area (Å²) in [5.41, 5.74) is 0.370. The van der Waals surface area contributed by atoms with Gasteiger partial charge in [0.1, 0.15) is 5.69 Å². The molecule has 1 saturated heterocycles. The molecule has 6 heteroatoms. The molecule has 1 N–H and O–H groups in total. The van der Waals surface area contributed by atoms with Crippen molar-refractivity contribution < 1.29 is 9.53 Å². The van der Waals surface area contributed by atoms with Gasteiger partial charge in [0.05, 0.1) is 17.2 Å². The molecule has 1 aromatic rings. The van der Waals surface area contributed by atoms with E-state index in [0.717, 1.165) is 13.1 Å². The van der Waals surface area contributed by atoms with Crippen LogP contribution in [-0.2, 0) is 4.74 Å². The first kappa shape index (κ1) is 14.2. The summed E-state index contributed by atoms with van der Waals surface area (Å²) in [6, 6.07) is 3.27. The Morgan fingerprint density at radius 2 is 2.37 bits per heavy atom. The quantitative estimate of drug-likeness (QED) is 0.902. The van der Waals surface area contributed by atoms with E-state index in [-0.39, 0.29) is 18.1 Å². The molecular formula is C13H18ClN3O2. The Labute approximate surface area is 117 Å². The lowest BCUT2D eigenvalue weighted by molar-refractivity contribution is 0.0512. The molecule has 2 atom stereocenters. The van der Waals surface area contributed by atoms with Gasteiger partial charge in [0.2, 0.25) is 0 Å². The van der Waals surface area contributed by atoms with Crippen LogP contribution in [0.1, 0.15) is 17.4 Å². The minimum Gasteiger partial charge on any atom is -0.375 e. The summed E-state index contributed by atoms with van der Waals surface area (Å²) in [6.45, 7) is 4.21. The van der Waals surface area contributed by atoms with E-state index in [1.54, 1.807) is 12.1 Å². The van der Waals surface area contributed by atoms with Crippen LogP contribution in [0.15, 0.2) is 18.3 Å². The molecule has 19 heavy (non-hydrogen) atoms. The molecule has 1 fully saturated rings. The highest BCUT2D eigenvalue weighted by atomic mass is 35.5. The molecule has 1 aliphatic rings. The number of likely N-dealkylation sites (N-methyl/N-ethyl adjacent to an activating group) is 1. The molecule has 0 saturated carbocycles. The molecule has 0 radical (unpaired) electrons. The minimum atomic E-state index is -0.193. The smallest absolute Gasteiger partial charge is 0.270 e. The Morgan fingerprint density at radius 3 is 3.00 bits per heavy atom. The van der Waals surface area contributed by atoms with Crippen molar-refractivity contribution in [1.29, 1.82) is 0 Å². The number of nitrogens with one attached hydrogen (secondary N) is 1. The Bertz CT molecular complexity index is 438. The number of halogens is 1. The third-order valence-electron chi connectivity index (χ3n) is 3.11. The average Bonchev–Trinajstić information content (AvgIpc) is 2.71. The summed E-state index contributed by atoms with van der Waals surface area (Å²) in [5, 5.41) is 3.49. The fraction of sp³-hybridized carbons (Fsp3) is 0.538. The van der Waals surface area contributed by atoms with Gasteiger partial charge >= 0.3 is 0 Å². The standard InChI is InChI=1S/C13H18ClN3O2/c1-3-19-12-8-17(2)7-11(12)16-13(18)10-5-4-9(14)6-15-10/h4-6,11-12H,3,7-8H2,1-2H3,(H,16,18)/t11-,12-/m0/s1. The van der Waals surface area contributed by atoms with E-state index in [2.05, 4.69) is 15.2 Å². The maximum Gasteiger partial charge on any atom is 0.270 e. The van der Waals surface area contributed by atoms with E-state index in [9.17, 15) is 4.79 Å². The van der Waals surface area contributed by atoms with Crippen LogP contribution in [-0.4, -0.2) is 54.7 Å². The second-order valence-electron chi connectivity index (χ2n) is 4.66. The number of nitrogens with zero attached hydrogens (tertiary/aromatic N) is 2. The third-order valence-corrected chi connectivity index (χ3v) is 3.33. The van der Waals surface area contributed by atoms with Gasteiger partial charge in [-0.25, -0.2) is 4.98 Å². The Balaban J connectivity index is 1.99. The van der Waals surface area contributed by atoms with Gasteiger partial charge in [0.25, 0.3) is 5.91 Å². The molecule has 2 heterocycles. The Hall–Kier alpha value is -1.17. The van der Waals surface area contributed by atoms with E-state index in [1.165, 1.54) is 6.20 Å². The van der Waals surface area contributed by atoms with Crippen molar-refractivity contribution in [2.75, 3.05) is 26.7 Å². The highest BCUT2D eigenvalue weighted by Gasteiger charge is 2.32. The predicted molar refractivity (Wildman–Crippen MR) is 73.4 cm³/mol. The van der Waals surface area contributed by atoms with Crippen LogP contribution in [0.2, 0.25) is 5.02 Å². The van der Waals surface area contributed by atoms with E-state index < -0.39 is 0 Å². The highest BCUT2D eigenvalue weighted by molar-refractivity contribution is 6.30. The van der Waals surface area contributed by atoms with E-state index in [0.29, 0.717) is 17.3 Å². The zero-order chi connectivity index (χ0) is 13.8. The van der Waals surface area contributed by atoms with Crippen molar-refractivity contribution in [2.45, 2.75) is 19.1 Å². The average molecular weight is 284 g/mol. The summed E-state index contributed by atoms with van der Waals surface area (Å²) in [4.78, 5) is 18.2. The fourth-order valence-electron chi connectivity index (χ4n) is 2.24. The van der Waals surface area contributed by atoms with Crippen LogP contribution >= 0.6 is 11.6 Å². The van der Waals surface area contributed by atoms with E-state index in [1.807, 2.05) is 14.0 Å². The van der Waals surface area contributed by atoms with Crippen molar-refractivity contribution in [2.24, 2.45) is 0 Å². The number of carbonyl (C=O) groups is 1. The number of rotatable bonds is 4. The number of carbonyl (C=O) groups excluding carboxylic acids is 1. The zero-order valence-electron chi connectivity index (χ0n) is 11.1. The fourth-order valence-corrected chi connectivity index (χ4v) is 2.35.